The number of carboxylic acid groups (broad SMARTS) is 1. The summed E-state index contributed by atoms with van der Waals surface area (Å²) in [7, 11) is 0. The van der Waals surface area contributed by atoms with Crippen molar-refractivity contribution in [2.24, 2.45) is 0 Å². The summed E-state index contributed by atoms with van der Waals surface area (Å²) in [6.07, 6.45) is 1.54. The molecule has 0 aliphatic carbocycles. The number of nitrogens with zero attached hydrogens (tertiary/aromatic N) is 2. The molecule has 4 heteroatoms. The Morgan fingerprint density at radius 2 is 1.55 bits per heavy atom. The van der Waals surface area contributed by atoms with Gasteiger partial charge in [-0.1, -0.05) is 48.5 Å². The number of benzene rings is 2. The highest BCUT2D eigenvalue weighted by Crippen LogP contribution is 2.23. The first-order chi connectivity index (χ1) is 9.75. The van der Waals surface area contributed by atoms with E-state index in [1.54, 1.807) is 10.9 Å². The number of rotatable bonds is 3. The topological polar surface area (TPSA) is 55.1 Å². The van der Waals surface area contributed by atoms with E-state index < -0.39 is 5.97 Å². The van der Waals surface area contributed by atoms with Gasteiger partial charge in [0.2, 0.25) is 0 Å². The lowest BCUT2D eigenvalue weighted by Crippen LogP contribution is -1.96. The third-order valence-corrected chi connectivity index (χ3v) is 3.01. The highest BCUT2D eigenvalue weighted by atomic mass is 16.4. The Balaban J connectivity index is 2.15. The summed E-state index contributed by atoms with van der Waals surface area (Å²) in [5.74, 6) is -0.981. The van der Waals surface area contributed by atoms with Crippen LogP contribution in [0.4, 0.5) is 0 Å². The quantitative estimate of drug-likeness (QED) is 0.790. The monoisotopic (exact) mass is 264 g/mol. The van der Waals surface area contributed by atoms with E-state index in [4.69, 9.17) is 0 Å². The maximum atomic E-state index is 11.4. The smallest absolute Gasteiger partial charge is 0.339 e. The fourth-order valence-corrected chi connectivity index (χ4v) is 2.05. The van der Waals surface area contributed by atoms with Gasteiger partial charge in [-0.15, -0.1) is 0 Å². The number of hydrogen-bond acceptors (Lipinski definition) is 2. The second kappa shape index (κ2) is 5.01. The summed E-state index contributed by atoms with van der Waals surface area (Å²) < 4.78 is 1.59. The van der Waals surface area contributed by atoms with Crippen LogP contribution in [-0.2, 0) is 0 Å². The molecule has 20 heavy (non-hydrogen) atoms. The molecular weight excluding hydrogens is 252 g/mol. The summed E-state index contributed by atoms with van der Waals surface area (Å²) in [4.78, 5) is 11.4. The molecule has 0 amide bonds. The molecule has 1 N–H and O–H groups in total. The molecule has 4 nitrogen and oxygen atoms in total. The number of aromatic nitrogens is 2. The largest absolute Gasteiger partial charge is 0.478 e. The number of carbonyl (C=O) groups is 1. The maximum absolute atomic E-state index is 11.4. The van der Waals surface area contributed by atoms with Crippen LogP contribution in [0.5, 0.6) is 0 Å². The third-order valence-electron chi connectivity index (χ3n) is 3.01. The van der Waals surface area contributed by atoms with Crippen LogP contribution in [0.3, 0.4) is 0 Å². The zero-order valence-electron chi connectivity index (χ0n) is 10.6. The Morgan fingerprint density at radius 1 is 0.950 bits per heavy atom. The SMILES string of the molecule is O=C(O)c1cn(-c2ccccc2)nc1-c1ccccc1. The van der Waals surface area contributed by atoms with Gasteiger partial charge in [0.15, 0.2) is 0 Å². The maximum Gasteiger partial charge on any atom is 0.339 e. The van der Waals surface area contributed by atoms with Crippen molar-refractivity contribution in [1.29, 1.82) is 0 Å². The average Bonchev–Trinajstić information content (AvgIpc) is 2.94. The molecule has 3 rings (SSSR count). The van der Waals surface area contributed by atoms with Gasteiger partial charge < -0.3 is 5.11 Å². The van der Waals surface area contributed by atoms with E-state index in [1.807, 2.05) is 60.7 Å². The molecule has 0 radical (unpaired) electrons. The van der Waals surface area contributed by atoms with Crippen LogP contribution in [0.15, 0.2) is 66.9 Å². The standard InChI is InChI=1S/C16H12N2O2/c19-16(20)14-11-18(13-9-5-2-6-10-13)17-15(14)12-7-3-1-4-8-12/h1-11H,(H,19,20). The van der Waals surface area contributed by atoms with Crippen molar-refractivity contribution >= 4 is 5.97 Å². The zero-order chi connectivity index (χ0) is 13.9. The highest BCUT2D eigenvalue weighted by Gasteiger charge is 2.17. The summed E-state index contributed by atoms with van der Waals surface area (Å²) >= 11 is 0. The first kappa shape index (κ1) is 12.2. The Kier molecular flexibility index (Phi) is 3.05. The lowest BCUT2D eigenvalue weighted by atomic mass is 10.1. The molecule has 0 unspecified atom stereocenters. The van der Waals surface area contributed by atoms with E-state index in [1.165, 1.54) is 0 Å². The average molecular weight is 264 g/mol. The fourth-order valence-electron chi connectivity index (χ4n) is 2.05. The fraction of sp³-hybridized carbons (Fsp3) is 0. The molecular formula is C16H12N2O2. The molecule has 0 atom stereocenters. The van der Waals surface area contributed by atoms with Crippen molar-refractivity contribution in [2.75, 3.05) is 0 Å². The van der Waals surface area contributed by atoms with Gasteiger partial charge in [0.05, 0.1) is 5.69 Å². The van der Waals surface area contributed by atoms with Crippen molar-refractivity contribution in [3.05, 3.63) is 72.4 Å². The molecule has 0 saturated carbocycles. The predicted octanol–water partition coefficient (Wildman–Crippen LogP) is 3.24. The van der Waals surface area contributed by atoms with Gasteiger partial charge in [-0.3, -0.25) is 0 Å². The zero-order valence-corrected chi connectivity index (χ0v) is 10.6. The van der Waals surface area contributed by atoms with Gasteiger partial charge >= 0.3 is 5.97 Å². The molecule has 0 spiro atoms. The third kappa shape index (κ3) is 2.19. The molecule has 0 aliphatic heterocycles. The minimum absolute atomic E-state index is 0.194. The van der Waals surface area contributed by atoms with Crippen molar-refractivity contribution in [3.8, 4) is 16.9 Å². The second-order valence-corrected chi connectivity index (χ2v) is 4.34. The van der Waals surface area contributed by atoms with E-state index in [9.17, 15) is 9.90 Å². The summed E-state index contributed by atoms with van der Waals surface area (Å²) in [5, 5.41) is 13.7. The first-order valence-corrected chi connectivity index (χ1v) is 6.19. The number of hydrogen-bond donors (Lipinski definition) is 1. The number of para-hydroxylation sites is 1. The van der Waals surface area contributed by atoms with Gasteiger partial charge in [-0.2, -0.15) is 5.10 Å². The Labute approximate surface area is 115 Å². The molecule has 0 fully saturated rings. The molecule has 98 valence electrons. The van der Waals surface area contributed by atoms with E-state index in [2.05, 4.69) is 5.10 Å². The van der Waals surface area contributed by atoms with Crippen LogP contribution in [0.1, 0.15) is 10.4 Å². The van der Waals surface area contributed by atoms with E-state index in [0.29, 0.717) is 5.69 Å². The van der Waals surface area contributed by atoms with E-state index in [-0.39, 0.29) is 5.56 Å². The Bertz CT molecular complexity index is 734. The minimum atomic E-state index is -0.981. The lowest BCUT2D eigenvalue weighted by Gasteiger charge is -2.00. The van der Waals surface area contributed by atoms with Gasteiger partial charge in [0.1, 0.15) is 11.3 Å². The van der Waals surface area contributed by atoms with Crippen LogP contribution >= 0.6 is 0 Å². The summed E-state index contributed by atoms with van der Waals surface area (Å²) in [5.41, 5.74) is 2.29. The number of carboxylic acids is 1. The van der Waals surface area contributed by atoms with Crippen LogP contribution < -0.4 is 0 Å². The van der Waals surface area contributed by atoms with Gasteiger partial charge in [-0.25, -0.2) is 9.48 Å². The molecule has 0 saturated heterocycles. The van der Waals surface area contributed by atoms with Crippen molar-refractivity contribution in [2.45, 2.75) is 0 Å². The normalized spacial score (nSPS) is 10.4. The summed E-state index contributed by atoms with van der Waals surface area (Å²) in [6.45, 7) is 0. The summed E-state index contributed by atoms with van der Waals surface area (Å²) in [6, 6.07) is 18.8. The number of aromatic carboxylic acids is 1. The first-order valence-electron chi connectivity index (χ1n) is 6.19. The second-order valence-electron chi connectivity index (χ2n) is 4.34. The Morgan fingerprint density at radius 3 is 2.15 bits per heavy atom. The molecule has 1 aromatic heterocycles. The van der Waals surface area contributed by atoms with Crippen LogP contribution in [0.25, 0.3) is 16.9 Å². The molecule has 0 aliphatic rings. The highest BCUT2D eigenvalue weighted by molar-refractivity contribution is 5.94. The molecule has 1 heterocycles. The van der Waals surface area contributed by atoms with Gasteiger partial charge in [0.25, 0.3) is 0 Å². The van der Waals surface area contributed by atoms with E-state index >= 15 is 0 Å². The minimum Gasteiger partial charge on any atom is -0.478 e. The van der Waals surface area contributed by atoms with Crippen LogP contribution in [-0.4, -0.2) is 20.9 Å². The van der Waals surface area contributed by atoms with Crippen LogP contribution in [0, 0.1) is 0 Å². The van der Waals surface area contributed by atoms with Crippen molar-refractivity contribution < 1.29 is 9.90 Å². The van der Waals surface area contributed by atoms with Crippen molar-refractivity contribution in [3.63, 3.8) is 0 Å². The van der Waals surface area contributed by atoms with Crippen LogP contribution in [0.2, 0.25) is 0 Å². The van der Waals surface area contributed by atoms with Crippen molar-refractivity contribution in [1.82, 2.24) is 9.78 Å². The molecule has 2 aromatic carbocycles. The van der Waals surface area contributed by atoms with E-state index in [0.717, 1.165) is 11.3 Å². The predicted molar refractivity (Wildman–Crippen MR) is 76.0 cm³/mol. The van der Waals surface area contributed by atoms with Gasteiger partial charge in [0, 0.05) is 11.8 Å². The van der Waals surface area contributed by atoms with Gasteiger partial charge in [-0.05, 0) is 12.1 Å². The molecule has 0 bridgehead atoms. The Hall–Kier alpha value is -2.88. The lowest BCUT2D eigenvalue weighted by molar-refractivity contribution is 0.0697. The molecule has 3 aromatic rings.